The number of hydrogen-bond donors (Lipinski definition) is 1. The van der Waals surface area contributed by atoms with Crippen molar-refractivity contribution in [2.75, 3.05) is 5.32 Å². The molecule has 2 heterocycles. The van der Waals surface area contributed by atoms with Crippen molar-refractivity contribution in [1.29, 1.82) is 0 Å². The molecule has 0 saturated carbocycles. The predicted octanol–water partition coefficient (Wildman–Crippen LogP) is 4.80. The summed E-state index contributed by atoms with van der Waals surface area (Å²) in [6.45, 7) is 2.39. The third kappa shape index (κ3) is 3.34. The van der Waals surface area contributed by atoms with Gasteiger partial charge < -0.3 is 10.1 Å². The Labute approximate surface area is 157 Å². The minimum atomic E-state index is -0.855. The first-order valence-electron chi connectivity index (χ1n) is 8.43. The maximum Gasteiger partial charge on any atom is 0.324 e. The topological polar surface area (TPSA) is 64.9 Å². The first kappa shape index (κ1) is 17.8. The van der Waals surface area contributed by atoms with Crippen LogP contribution in [-0.4, -0.2) is 19.5 Å². The second-order valence-electron chi connectivity index (χ2n) is 5.83. The number of ether oxygens (including phenoxy) is 1. The SMILES string of the molecule is CCn1c(Nc2ccc(F)cc2)nc2cnc(Oc3c(F)cccc3F)nc21. The van der Waals surface area contributed by atoms with Gasteiger partial charge in [0.05, 0.1) is 6.20 Å². The molecule has 0 aliphatic carbocycles. The van der Waals surface area contributed by atoms with Crippen LogP contribution in [0.5, 0.6) is 11.8 Å². The Balaban J connectivity index is 1.70. The van der Waals surface area contributed by atoms with Crippen molar-refractivity contribution < 1.29 is 17.9 Å². The highest BCUT2D eigenvalue weighted by Crippen LogP contribution is 2.27. The third-order valence-corrected chi connectivity index (χ3v) is 3.99. The molecular formula is C19H14F3N5O. The van der Waals surface area contributed by atoms with E-state index in [4.69, 9.17) is 4.74 Å². The summed E-state index contributed by atoms with van der Waals surface area (Å²) in [5.74, 6) is -2.16. The van der Waals surface area contributed by atoms with Gasteiger partial charge >= 0.3 is 6.01 Å². The second-order valence-corrected chi connectivity index (χ2v) is 5.83. The van der Waals surface area contributed by atoms with Crippen LogP contribution in [0.2, 0.25) is 0 Å². The van der Waals surface area contributed by atoms with Gasteiger partial charge in [-0.1, -0.05) is 6.07 Å². The van der Waals surface area contributed by atoms with Crippen LogP contribution >= 0.6 is 0 Å². The molecule has 0 aliphatic rings. The fourth-order valence-corrected chi connectivity index (χ4v) is 2.68. The minimum Gasteiger partial charge on any atom is -0.418 e. The maximum absolute atomic E-state index is 13.8. The number of nitrogens with one attached hydrogen (secondary N) is 1. The molecule has 142 valence electrons. The molecule has 2 aromatic heterocycles. The lowest BCUT2D eigenvalue weighted by atomic mass is 10.3. The van der Waals surface area contributed by atoms with Crippen LogP contribution in [0.15, 0.2) is 48.7 Å². The van der Waals surface area contributed by atoms with E-state index in [0.29, 0.717) is 29.3 Å². The number of benzene rings is 2. The van der Waals surface area contributed by atoms with Gasteiger partial charge in [0.15, 0.2) is 17.3 Å². The molecule has 28 heavy (non-hydrogen) atoms. The van der Waals surface area contributed by atoms with E-state index in [-0.39, 0.29) is 11.8 Å². The van der Waals surface area contributed by atoms with E-state index in [2.05, 4.69) is 20.3 Å². The zero-order valence-electron chi connectivity index (χ0n) is 14.7. The molecule has 4 aromatic rings. The summed E-state index contributed by atoms with van der Waals surface area (Å²) >= 11 is 0. The van der Waals surface area contributed by atoms with Crippen molar-refractivity contribution in [3.8, 4) is 11.8 Å². The molecule has 0 aliphatic heterocycles. The van der Waals surface area contributed by atoms with Crippen LogP contribution in [0, 0.1) is 17.5 Å². The molecule has 0 saturated heterocycles. The van der Waals surface area contributed by atoms with Gasteiger partial charge in [-0.3, -0.25) is 4.57 Å². The minimum absolute atomic E-state index is 0.209. The molecule has 2 aromatic carbocycles. The van der Waals surface area contributed by atoms with Crippen molar-refractivity contribution in [3.05, 3.63) is 66.1 Å². The summed E-state index contributed by atoms with van der Waals surface area (Å²) in [5.41, 5.74) is 1.53. The van der Waals surface area contributed by atoms with Crippen molar-refractivity contribution in [2.45, 2.75) is 13.5 Å². The number of nitrogens with zero attached hydrogens (tertiary/aromatic N) is 4. The molecule has 0 unspecified atom stereocenters. The number of fused-ring (bicyclic) bond motifs is 1. The fraction of sp³-hybridized carbons (Fsp3) is 0.105. The third-order valence-electron chi connectivity index (χ3n) is 3.99. The predicted molar refractivity (Wildman–Crippen MR) is 97.1 cm³/mol. The van der Waals surface area contributed by atoms with Gasteiger partial charge in [0.1, 0.15) is 11.3 Å². The average molecular weight is 385 g/mol. The number of aryl methyl sites for hydroxylation is 1. The highest BCUT2D eigenvalue weighted by atomic mass is 19.1. The number of aromatic nitrogens is 4. The molecular weight excluding hydrogens is 371 g/mol. The molecule has 4 rings (SSSR count). The Morgan fingerprint density at radius 3 is 2.39 bits per heavy atom. The monoisotopic (exact) mass is 385 g/mol. The smallest absolute Gasteiger partial charge is 0.324 e. The Kier molecular flexibility index (Phi) is 4.56. The summed E-state index contributed by atoms with van der Waals surface area (Å²) in [5, 5.41) is 3.08. The van der Waals surface area contributed by atoms with Gasteiger partial charge in [0.25, 0.3) is 0 Å². The average Bonchev–Trinajstić information content (AvgIpc) is 3.03. The largest absolute Gasteiger partial charge is 0.418 e. The molecule has 0 atom stereocenters. The highest BCUT2D eigenvalue weighted by Gasteiger charge is 2.16. The van der Waals surface area contributed by atoms with E-state index >= 15 is 0 Å². The Morgan fingerprint density at radius 1 is 1.00 bits per heavy atom. The van der Waals surface area contributed by atoms with Gasteiger partial charge in [-0.05, 0) is 43.3 Å². The first-order valence-corrected chi connectivity index (χ1v) is 8.43. The van der Waals surface area contributed by atoms with Gasteiger partial charge in [0.2, 0.25) is 11.7 Å². The van der Waals surface area contributed by atoms with Crippen LogP contribution in [0.25, 0.3) is 11.2 Å². The van der Waals surface area contributed by atoms with E-state index in [1.807, 2.05) is 6.92 Å². The van der Waals surface area contributed by atoms with Gasteiger partial charge in [-0.15, -0.1) is 0 Å². The van der Waals surface area contributed by atoms with E-state index in [1.165, 1.54) is 24.4 Å². The lowest BCUT2D eigenvalue weighted by molar-refractivity contribution is 0.383. The fourth-order valence-electron chi connectivity index (χ4n) is 2.68. The van der Waals surface area contributed by atoms with Gasteiger partial charge in [-0.2, -0.15) is 4.98 Å². The molecule has 0 fully saturated rings. The standard InChI is InChI=1S/C19H14F3N5O/c1-2-27-17-15(25-18(27)24-12-8-6-11(20)7-9-12)10-23-19(26-17)28-16-13(21)4-3-5-14(16)22/h3-10H,2H2,1H3,(H,24,25). The zero-order chi connectivity index (χ0) is 19.7. The van der Waals surface area contributed by atoms with E-state index in [0.717, 1.165) is 12.1 Å². The van der Waals surface area contributed by atoms with E-state index in [9.17, 15) is 13.2 Å². The number of hydrogen-bond acceptors (Lipinski definition) is 5. The Morgan fingerprint density at radius 2 is 1.71 bits per heavy atom. The molecule has 0 spiro atoms. The second kappa shape index (κ2) is 7.18. The lowest BCUT2D eigenvalue weighted by Gasteiger charge is -2.08. The Bertz CT molecular complexity index is 1120. The Hall–Kier alpha value is -3.62. The normalized spacial score (nSPS) is 11.0. The quantitative estimate of drug-likeness (QED) is 0.535. The van der Waals surface area contributed by atoms with E-state index < -0.39 is 17.4 Å². The molecule has 6 nitrogen and oxygen atoms in total. The van der Waals surface area contributed by atoms with Gasteiger partial charge in [-0.25, -0.2) is 23.1 Å². The van der Waals surface area contributed by atoms with Crippen LogP contribution in [-0.2, 0) is 6.54 Å². The molecule has 0 amide bonds. The maximum atomic E-state index is 13.8. The zero-order valence-corrected chi connectivity index (χ0v) is 14.7. The van der Waals surface area contributed by atoms with Crippen molar-refractivity contribution in [3.63, 3.8) is 0 Å². The molecule has 9 heteroatoms. The molecule has 1 N–H and O–H groups in total. The van der Waals surface area contributed by atoms with Crippen LogP contribution < -0.4 is 10.1 Å². The number of imidazole rings is 1. The van der Waals surface area contributed by atoms with Crippen molar-refractivity contribution >= 4 is 22.8 Å². The summed E-state index contributed by atoms with van der Waals surface area (Å²) in [6, 6.07) is 9.01. The van der Waals surface area contributed by atoms with Crippen LogP contribution in [0.4, 0.5) is 24.8 Å². The molecule has 0 radical (unpaired) electrons. The summed E-state index contributed by atoms with van der Waals surface area (Å²) < 4.78 is 47.6. The number of rotatable bonds is 5. The summed E-state index contributed by atoms with van der Waals surface area (Å²) in [4.78, 5) is 12.6. The van der Waals surface area contributed by atoms with Gasteiger partial charge in [0, 0.05) is 12.2 Å². The highest BCUT2D eigenvalue weighted by molar-refractivity contribution is 5.75. The van der Waals surface area contributed by atoms with E-state index in [1.54, 1.807) is 16.7 Å². The van der Waals surface area contributed by atoms with Crippen LogP contribution in [0.1, 0.15) is 6.92 Å². The van der Waals surface area contributed by atoms with Crippen molar-refractivity contribution in [1.82, 2.24) is 19.5 Å². The summed E-state index contributed by atoms with van der Waals surface area (Å²) in [7, 11) is 0. The van der Waals surface area contributed by atoms with Crippen LogP contribution in [0.3, 0.4) is 0 Å². The number of anilines is 2. The van der Waals surface area contributed by atoms with Crippen molar-refractivity contribution in [2.24, 2.45) is 0 Å². The number of para-hydroxylation sites is 1. The lowest BCUT2D eigenvalue weighted by Crippen LogP contribution is -2.03. The number of halogens is 3. The molecule has 0 bridgehead atoms. The summed E-state index contributed by atoms with van der Waals surface area (Å²) in [6.07, 6.45) is 1.40. The first-order chi connectivity index (χ1) is 13.5.